The van der Waals surface area contributed by atoms with Gasteiger partial charge in [0.15, 0.2) is 0 Å². The van der Waals surface area contributed by atoms with Gasteiger partial charge in [-0.2, -0.15) is 0 Å². The molecule has 0 radical (unpaired) electrons. The van der Waals surface area contributed by atoms with Crippen LogP contribution in [-0.2, 0) is 16.0 Å². The van der Waals surface area contributed by atoms with Crippen molar-refractivity contribution < 1.29 is 14.4 Å². The Balaban J connectivity index is 1.71. The largest absolute Gasteiger partial charge is 0.361 e. The van der Waals surface area contributed by atoms with Crippen molar-refractivity contribution in [3.8, 4) is 0 Å². The minimum atomic E-state index is -0.649. The van der Waals surface area contributed by atoms with E-state index in [2.05, 4.69) is 15.6 Å². The molecule has 0 aliphatic carbocycles. The lowest BCUT2D eigenvalue weighted by Crippen LogP contribution is -2.43. The quantitative estimate of drug-likeness (QED) is 0.719. The zero-order chi connectivity index (χ0) is 17.3. The fraction of sp³-hybridized carbons (Fsp3) is 0.353. The van der Waals surface area contributed by atoms with Gasteiger partial charge in [-0.25, -0.2) is 4.79 Å². The third-order valence-corrected chi connectivity index (χ3v) is 3.96. The summed E-state index contributed by atoms with van der Waals surface area (Å²) >= 11 is 0. The summed E-state index contributed by atoms with van der Waals surface area (Å²) in [5.74, 6) is -0.717. The van der Waals surface area contributed by atoms with Gasteiger partial charge in [0.2, 0.25) is 5.91 Å². The van der Waals surface area contributed by atoms with E-state index in [4.69, 9.17) is 0 Å². The highest BCUT2D eigenvalue weighted by molar-refractivity contribution is 6.06. The molecule has 1 aromatic heterocycles. The number of aromatic nitrogens is 1. The molecule has 0 bridgehead atoms. The zero-order valence-electron chi connectivity index (χ0n) is 13.6. The molecule has 7 nitrogen and oxygen atoms in total. The van der Waals surface area contributed by atoms with Gasteiger partial charge in [0.05, 0.1) is 0 Å². The Morgan fingerprint density at radius 2 is 2.04 bits per heavy atom. The van der Waals surface area contributed by atoms with Gasteiger partial charge in [-0.15, -0.1) is 0 Å². The van der Waals surface area contributed by atoms with Crippen LogP contribution in [-0.4, -0.2) is 46.4 Å². The number of para-hydroxylation sites is 1. The third kappa shape index (κ3) is 3.10. The number of aromatic amines is 1. The normalized spacial score (nSPS) is 17.6. The topological polar surface area (TPSA) is 94.3 Å². The van der Waals surface area contributed by atoms with E-state index in [1.807, 2.05) is 44.3 Å². The predicted molar refractivity (Wildman–Crippen MR) is 89.3 cm³/mol. The van der Waals surface area contributed by atoms with Crippen molar-refractivity contribution in [3.05, 3.63) is 36.0 Å². The number of H-pyrrole nitrogens is 1. The van der Waals surface area contributed by atoms with Crippen LogP contribution in [0.3, 0.4) is 0 Å². The summed E-state index contributed by atoms with van der Waals surface area (Å²) < 4.78 is 0. The van der Waals surface area contributed by atoms with Gasteiger partial charge in [-0.3, -0.25) is 14.5 Å². The molecule has 0 spiro atoms. The highest BCUT2D eigenvalue weighted by Gasteiger charge is 2.39. The van der Waals surface area contributed by atoms with Crippen LogP contribution < -0.4 is 10.6 Å². The van der Waals surface area contributed by atoms with Crippen molar-refractivity contribution in [2.45, 2.75) is 32.4 Å². The van der Waals surface area contributed by atoms with Gasteiger partial charge in [0.1, 0.15) is 12.6 Å². The van der Waals surface area contributed by atoms with Crippen LogP contribution in [0.5, 0.6) is 0 Å². The number of amides is 4. The number of hydrogen-bond acceptors (Lipinski definition) is 3. The van der Waals surface area contributed by atoms with E-state index in [1.54, 1.807) is 0 Å². The number of nitrogens with one attached hydrogen (secondary N) is 3. The molecule has 0 saturated carbocycles. The maximum atomic E-state index is 12.5. The van der Waals surface area contributed by atoms with Crippen molar-refractivity contribution in [1.29, 1.82) is 0 Å². The van der Waals surface area contributed by atoms with Crippen LogP contribution in [0.4, 0.5) is 4.79 Å². The summed E-state index contributed by atoms with van der Waals surface area (Å²) in [4.78, 5) is 40.4. The second kappa shape index (κ2) is 6.35. The summed E-state index contributed by atoms with van der Waals surface area (Å²) in [6.07, 6.45) is 2.23. The molecule has 2 heterocycles. The third-order valence-electron chi connectivity index (χ3n) is 3.96. The monoisotopic (exact) mass is 328 g/mol. The number of rotatable bonds is 5. The Morgan fingerprint density at radius 3 is 2.79 bits per heavy atom. The van der Waals surface area contributed by atoms with Crippen LogP contribution in [0.25, 0.3) is 10.9 Å². The number of nitrogens with zero attached hydrogens (tertiary/aromatic N) is 1. The molecule has 1 saturated heterocycles. The van der Waals surface area contributed by atoms with Crippen LogP contribution in [0.1, 0.15) is 19.4 Å². The van der Waals surface area contributed by atoms with E-state index < -0.39 is 12.1 Å². The fourth-order valence-electron chi connectivity index (χ4n) is 2.90. The second-order valence-electron chi connectivity index (χ2n) is 6.21. The summed E-state index contributed by atoms with van der Waals surface area (Å²) in [5, 5.41) is 6.36. The highest BCUT2D eigenvalue weighted by Crippen LogP contribution is 2.21. The molecule has 4 amide bonds. The molecular weight excluding hydrogens is 308 g/mol. The number of imide groups is 1. The molecule has 3 N–H and O–H groups in total. The predicted octanol–water partition coefficient (Wildman–Crippen LogP) is 1.16. The summed E-state index contributed by atoms with van der Waals surface area (Å²) in [6, 6.07) is 6.57. The van der Waals surface area contributed by atoms with Crippen molar-refractivity contribution >= 4 is 28.7 Å². The lowest BCUT2D eigenvalue weighted by atomic mass is 10.1. The number of carbonyl (C=O) groups is 3. The maximum absolute atomic E-state index is 12.5. The van der Waals surface area contributed by atoms with Crippen LogP contribution >= 0.6 is 0 Å². The molecule has 1 fully saturated rings. The van der Waals surface area contributed by atoms with Crippen molar-refractivity contribution in [1.82, 2.24) is 20.5 Å². The second-order valence-corrected chi connectivity index (χ2v) is 6.21. The molecule has 1 aromatic carbocycles. The number of fused-ring (bicyclic) bond motifs is 1. The van der Waals surface area contributed by atoms with Gasteiger partial charge in [0, 0.05) is 29.6 Å². The van der Waals surface area contributed by atoms with Gasteiger partial charge in [-0.05, 0) is 25.5 Å². The Morgan fingerprint density at radius 1 is 1.29 bits per heavy atom. The number of hydrogen-bond donors (Lipinski definition) is 3. The summed E-state index contributed by atoms with van der Waals surface area (Å²) in [6.45, 7) is 3.39. The first-order valence-corrected chi connectivity index (χ1v) is 7.92. The summed E-state index contributed by atoms with van der Waals surface area (Å²) in [7, 11) is 0. The van der Waals surface area contributed by atoms with E-state index in [-0.39, 0.29) is 24.4 Å². The maximum Gasteiger partial charge on any atom is 0.325 e. The zero-order valence-corrected chi connectivity index (χ0v) is 13.6. The van der Waals surface area contributed by atoms with E-state index >= 15 is 0 Å². The Hall–Kier alpha value is -2.83. The summed E-state index contributed by atoms with van der Waals surface area (Å²) in [5.41, 5.74) is 1.94. The Bertz CT molecular complexity index is 796. The molecule has 1 atom stereocenters. The van der Waals surface area contributed by atoms with Gasteiger partial charge in [0.25, 0.3) is 5.91 Å². The molecule has 2 aromatic rings. The first-order valence-electron chi connectivity index (χ1n) is 7.92. The average Bonchev–Trinajstić information content (AvgIpc) is 3.04. The van der Waals surface area contributed by atoms with Gasteiger partial charge in [-0.1, -0.05) is 18.2 Å². The molecular formula is C17H20N4O3. The van der Waals surface area contributed by atoms with Crippen LogP contribution in [0.15, 0.2) is 30.5 Å². The highest BCUT2D eigenvalue weighted by atomic mass is 16.2. The van der Waals surface area contributed by atoms with Crippen LogP contribution in [0.2, 0.25) is 0 Å². The lowest BCUT2D eigenvalue weighted by molar-refractivity contribution is -0.132. The number of carbonyl (C=O) groups excluding carboxylic acids is 3. The molecule has 1 aliphatic rings. The minimum Gasteiger partial charge on any atom is -0.361 e. The van der Waals surface area contributed by atoms with Crippen molar-refractivity contribution in [3.63, 3.8) is 0 Å². The van der Waals surface area contributed by atoms with Crippen molar-refractivity contribution in [2.75, 3.05) is 6.54 Å². The standard InChI is InChI=1S/C17H20N4O3/c1-10(2)19-15(22)9-21-16(23)14(20-17(21)24)7-11-8-18-13-6-4-3-5-12(11)13/h3-6,8,10,14,18H,7,9H2,1-2H3,(H,19,22)(H,20,24)/t14-/m1/s1. The SMILES string of the molecule is CC(C)NC(=O)CN1C(=O)N[C@H](Cc2c[nH]c3ccccc23)C1=O. The van der Waals surface area contributed by atoms with Crippen molar-refractivity contribution in [2.24, 2.45) is 0 Å². The molecule has 0 unspecified atom stereocenters. The van der Waals surface area contributed by atoms with E-state index in [0.717, 1.165) is 21.4 Å². The van der Waals surface area contributed by atoms with E-state index in [1.165, 1.54) is 0 Å². The average molecular weight is 328 g/mol. The molecule has 7 heteroatoms. The first-order chi connectivity index (χ1) is 11.5. The molecule has 3 rings (SSSR count). The molecule has 1 aliphatic heterocycles. The van der Waals surface area contributed by atoms with E-state index in [9.17, 15) is 14.4 Å². The Kier molecular flexibility index (Phi) is 4.24. The van der Waals surface area contributed by atoms with Crippen LogP contribution in [0, 0.1) is 0 Å². The van der Waals surface area contributed by atoms with E-state index in [0.29, 0.717) is 6.42 Å². The van der Waals surface area contributed by atoms with Gasteiger partial charge >= 0.3 is 6.03 Å². The fourth-order valence-corrected chi connectivity index (χ4v) is 2.90. The smallest absolute Gasteiger partial charge is 0.325 e. The molecule has 126 valence electrons. The molecule has 24 heavy (non-hydrogen) atoms. The lowest BCUT2D eigenvalue weighted by Gasteiger charge is -2.14. The number of urea groups is 1. The Labute approximate surface area is 139 Å². The minimum absolute atomic E-state index is 0.0414. The number of benzene rings is 1. The first kappa shape index (κ1) is 16.0. The van der Waals surface area contributed by atoms with Gasteiger partial charge < -0.3 is 15.6 Å².